The normalized spacial score (nSPS) is 11.8. The van der Waals surface area contributed by atoms with Crippen molar-refractivity contribution in [2.75, 3.05) is 6.54 Å². The zero-order valence-corrected chi connectivity index (χ0v) is 11.8. The molecule has 1 aromatic heterocycles. The summed E-state index contributed by atoms with van der Waals surface area (Å²) >= 11 is 0. The summed E-state index contributed by atoms with van der Waals surface area (Å²) in [4.78, 5) is 7.92. The van der Waals surface area contributed by atoms with Crippen LogP contribution in [-0.4, -0.2) is 24.0 Å². The van der Waals surface area contributed by atoms with Crippen LogP contribution in [0.3, 0.4) is 0 Å². The number of fused-ring (bicyclic) bond motifs is 1. The van der Waals surface area contributed by atoms with Gasteiger partial charge in [0.1, 0.15) is 0 Å². The number of aryl methyl sites for hydroxylation is 1. The Morgan fingerprint density at radius 3 is 2.85 bits per heavy atom. The molecule has 102 valence electrons. The second kappa shape index (κ2) is 6.15. The second-order valence-corrected chi connectivity index (χ2v) is 4.68. The van der Waals surface area contributed by atoms with Crippen LogP contribution < -0.4 is 10.6 Å². The molecule has 1 heterocycles. The molecule has 0 bridgehead atoms. The Morgan fingerprint density at radius 1 is 1.30 bits per heavy atom. The standard InChI is InChI=1S/C17H19N3/c1-13-6-7-17-16(12-13)14(2)15(3)20(17)11-10-19-9-5-8-18-4/h5-9,12H,2-4,10-11H2,1H3/b8-5-,19-9?. The van der Waals surface area contributed by atoms with Crippen molar-refractivity contribution in [2.24, 2.45) is 9.98 Å². The molecule has 2 rings (SSSR count). The van der Waals surface area contributed by atoms with Crippen molar-refractivity contribution < 1.29 is 0 Å². The molecule has 3 heteroatoms. The van der Waals surface area contributed by atoms with Crippen LogP contribution in [0.5, 0.6) is 0 Å². The SMILES string of the molecule is C=N/C=C\C=NCCn1c(=C)c(=C)c2cc(C)ccc21. The summed E-state index contributed by atoms with van der Waals surface area (Å²) < 4.78 is 2.17. The number of hydrogen-bond donors (Lipinski definition) is 0. The Labute approximate surface area is 119 Å². The van der Waals surface area contributed by atoms with Gasteiger partial charge in [0.15, 0.2) is 0 Å². The Hall–Kier alpha value is -2.42. The fraction of sp³-hybridized carbons (Fsp3) is 0.176. The van der Waals surface area contributed by atoms with Gasteiger partial charge in [-0.05, 0) is 37.1 Å². The maximum atomic E-state index is 4.31. The van der Waals surface area contributed by atoms with Gasteiger partial charge in [-0.25, -0.2) is 0 Å². The third-order valence-corrected chi connectivity index (χ3v) is 3.28. The maximum Gasteiger partial charge on any atom is 0.0569 e. The molecule has 20 heavy (non-hydrogen) atoms. The summed E-state index contributed by atoms with van der Waals surface area (Å²) in [5.41, 5.74) is 2.41. The topological polar surface area (TPSA) is 29.6 Å². The lowest BCUT2D eigenvalue weighted by molar-refractivity contribution is 0.719. The van der Waals surface area contributed by atoms with Crippen LogP contribution >= 0.6 is 0 Å². The highest BCUT2D eigenvalue weighted by Gasteiger charge is 2.04. The Kier molecular flexibility index (Phi) is 4.31. The van der Waals surface area contributed by atoms with E-state index in [9.17, 15) is 0 Å². The van der Waals surface area contributed by atoms with Gasteiger partial charge < -0.3 is 4.57 Å². The van der Waals surface area contributed by atoms with Gasteiger partial charge in [-0.1, -0.05) is 24.8 Å². The van der Waals surface area contributed by atoms with E-state index in [0.717, 1.165) is 17.1 Å². The zero-order valence-electron chi connectivity index (χ0n) is 11.8. The smallest absolute Gasteiger partial charge is 0.0569 e. The van der Waals surface area contributed by atoms with Crippen LogP contribution in [0, 0.1) is 6.92 Å². The van der Waals surface area contributed by atoms with Crippen molar-refractivity contribution in [2.45, 2.75) is 13.5 Å². The molecule has 2 aromatic rings. The molecule has 0 saturated carbocycles. The average molecular weight is 265 g/mol. The molecule has 0 fully saturated rings. The van der Waals surface area contributed by atoms with Crippen LogP contribution in [-0.2, 0) is 6.54 Å². The summed E-state index contributed by atoms with van der Waals surface area (Å²) in [6.45, 7) is 15.2. The lowest BCUT2D eigenvalue weighted by Gasteiger charge is -2.03. The Balaban J connectivity index is 2.27. The third kappa shape index (κ3) is 2.77. The number of hydrogen-bond acceptors (Lipinski definition) is 2. The summed E-state index contributed by atoms with van der Waals surface area (Å²) in [5, 5.41) is 3.14. The van der Waals surface area contributed by atoms with E-state index in [0.29, 0.717) is 6.54 Å². The van der Waals surface area contributed by atoms with Gasteiger partial charge in [0.05, 0.1) is 6.54 Å². The molecule has 0 aliphatic rings. The quantitative estimate of drug-likeness (QED) is 0.741. The molecule has 0 amide bonds. The van der Waals surface area contributed by atoms with Crippen LogP contribution in [0.1, 0.15) is 5.56 Å². The van der Waals surface area contributed by atoms with Gasteiger partial charge in [-0.3, -0.25) is 9.98 Å². The van der Waals surface area contributed by atoms with Crippen LogP contribution in [0.25, 0.3) is 24.1 Å². The van der Waals surface area contributed by atoms with E-state index in [-0.39, 0.29) is 0 Å². The Bertz CT molecular complexity index is 779. The number of benzene rings is 1. The molecule has 0 aliphatic carbocycles. The highest BCUT2D eigenvalue weighted by Crippen LogP contribution is 2.11. The summed E-state index contributed by atoms with van der Waals surface area (Å²) in [6.07, 6.45) is 5.11. The first-order valence-corrected chi connectivity index (χ1v) is 6.52. The molecule has 3 nitrogen and oxygen atoms in total. The largest absolute Gasteiger partial charge is 0.339 e. The van der Waals surface area contributed by atoms with Crippen LogP contribution in [0.2, 0.25) is 0 Å². The first kappa shape index (κ1) is 14.0. The van der Waals surface area contributed by atoms with Crippen molar-refractivity contribution in [3.63, 3.8) is 0 Å². The predicted molar refractivity (Wildman–Crippen MR) is 89.0 cm³/mol. The number of aromatic nitrogens is 1. The molecule has 0 aliphatic heterocycles. The Morgan fingerprint density at radius 2 is 2.10 bits per heavy atom. The molecule has 0 N–H and O–H groups in total. The van der Waals surface area contributed by atoms with Crippen molar-refractivity contribution in [1.82, 2.24) is 4.57 Å². The van der Waals surface area contributed by atoms with Gasteiger partial charge >= 0.3 is 0 Å². The van der Waals surface area contributed by atoms with Crippen molar-refractivity contribution >= 4 is 37.0 Å². The number of aliphatic imine (C=N–C) groups is 2. The van der Waals surface area contributed by atoms with E-state index in [1.54, 1.807) is 18.5 Å². The average Bonchev–Trinajstić information content (AvgIpc) is 2.67. The first-order chi connectivity index (χ1) is 9.65. The summed E-state index contributed by atoms with van der Waals surface area (Å²) in [7, 11) is 0. The van der Waals surface area contributed by atoms with E-state index >= 15 is 0 Å². The van der Waals surface area contributed by atoms with E-state index < -0.39 is 0 Å². The lowest BCUT2D eigenvalue weighted by atomic mass is 10.1. The van der Waals surface area contributed by atoms with E-state index in [1.165, 1.54) is 16.5 Å². The van der Waals surface area contributed by atoms with Crippen molar-refractivity contribution in [1.29, 1.82) is 0 Å². The molecule has 1 aromatic carbocycles. The third-order valence-electron chi connectivity index (χ3n) is 3.28. The molecule has 0 spiro atoms. The second-order valence-electron chi connectivity index (χ2n) is 4.68. The molecule has 0 radical (unpaired) electrons. The molecular weight excluding hydrogens is 246 g/mol. The minimum absolute atomic E-state index is 0.696. The van der Waals surface area contributed by atoms with Crippen LogP contribution in [0.4, 0.5) is 0 Å². The minimum Gasteiger partial charge on any atom is -0.339 e. The van der Waals surface area contributed by atoms with Gasteiger partial charge in [0.2, 0.25) is 0 Å². The maximum absolute atomic E-state index is 4.31. The fourth-order valence-electron chi connectivity index (χ4n) is 2.24. The molecule has 0 atom stereocenters. The highest BCUT2D eigenvalue weighted by atomic mass is 15.0. The van der Waals surface area contributed by atoms with Gasteiger partial charge in [0, 0.05) is 35.2 Å². The van der Waals surface area contributed by atoms with E-state index in [4.69, 9.17) is 0 Å². The number of allylic oxidation sites excluding steroid dienone is 1. The van der Waals surface area contributed by atoms with E-state index in [2.05, 4.69) is 59.6 Å². The monoisotopic (exact) mass is 265 g/mol. The first-order valence-electron chi connectivity index (χ1n) is 6.52. The minimum atomic E-state index is 0.696. The van der Waals surface area contributed by atoms with Crippen molar-refractivity contribution in [3.8, 4) is 0 Å². The summed E-state index contributed by atoms with van der Waals surface area (Å²) in [6, 6.07) is 6.39. The van der Waals surface area contributed by atoms with Gasteiger partial charge in [-0.15, -0.1) is 0 Å². The molecule has 0 saturated heterocycles. The van der Waals surface area contributed by atoms with Crippen LogP contribution in [0.15, 0.2) is 40.5 Å². The van der Waals surface area contributed by atoms with Gasteiger partial charge in [0.25, 0.3) is 0 Å². The number of nitrogens with zero attached hydrogens (tertiary/aromatic N) is 3. The number of rotatable bonds is 5. The van der Waals surface area contributed by atoms with Gasteiger partial charge in [-0.2, -0.15) is 0 Å². The lowest BCUT2D eigenvalue weighted by Crippen LogP contribution is -2.27. The zero-order chi connectivity index (χ0) is 14.5. The molecule has 0 unspecified atom stereocenters. The summed E-state index contributed by atoms with van der Waals surface area (Å²) in [5.74, 6) is 0. The van der Waals surface area contributed by atoms with E-state index in [1.807, 2.05) is 0 Å². The van der Waals surface area contributed by atoms with Crippen molar-refractivity contribution in [3.05, 3.63) is 46.6 Å². The predicted octanol–water partition coefficient (Wildman–Crippen LogP) is 2.06. The molecular formula is C17H19N3. The highest BCUT2D eigenvalue weighted by molar-refractivity contribution is 5.82. The fourth-order valence-corrected chi connectivity index (χ4v) is 2.24.